The van der Waals surface area contributed by atoms with Gasteiger partial charge >= 0.3 is 0 Å². The van der Waals surface area contributed by atoms with Crippen molar-refractivity contribution in [2.45, 2.75) is 6.92 Å². The first-order chi connectivity index (χ1) is 10.1. The number of ketones is 1. The lowest BCUT2D eigenvalue weighted by atomic mass is 10.1. The number of hydrogen-bond donors (Lipinski definition) is 1. The van der Waals surface area contributed by atoms with Gasteiger partial charge in [0.25, 0.3) is 5.91 Å². The van der Waals surface area contributed by atoms with Crippen LogP contribution >= 0.6 is 0 Å². The van der Waals surface area contributed by atoms with Crippen molar-refractivity contribution in [3.05, 3.63) is 72.2 Å². The SMILES string of the molecule is C=C(C)C(=O)Nc1ccc(C(=O)C=Cc2ccco2)cc1. The van der Waals surface area contributed by atoms with Gasteiger partial charge in [-0.15, -0.1) is 0 Å². The first kappa shape index (κ1) is 14.5. The smallest absolute Gasteiger partial charge is 0.250 e. The molecule has 1 amide bonds. The van der Waals surface area contributed by atoms with E-state index < -0.39 is 0 Å². The molecule has 0 atom stereocenters. The normalized spacial score (nSPS) is 10.5. The zero-order valence-electron chi connectivity index (χ0n) is 11.6. The fourth-order valence-electron chi connectivity index (χ4n) is 1.60. The minimum Gasteiger partial charge on any atom is -0.465 e. The molecule has 2 rings (SSSR count). The standard InChI is InChI=1S/C17H15NO3/c1-12(2)17(20)18-14-7-5-13(6-8-14)16(19)10-9-15-4-3-11-21-15/h3-11H,1H2,2H3,(H,18,20). The molecular weight excluding hydrogens is 266 g/mol. The van der Waals surface area contributed by atoms with Gasteiger partial charge in [-0.1, -0.05) is 6.58 Å². The molecule has 0 unspecified atom stereocenters. The molecule has 106 valence electrons. The Labute approximate surface area is 122 Å². The van der Waals surface area contributed by atoms with Crippen LogP contribution in [0.5, 0.6) is 0 Å². The molecule has 0 aliphatic carbocycles. The third-order valence-electron chi connectivity index (χ3n) is 2.76. The molecule has 0 fully saturated rings. The van der Waals surface area contributed by atoms with Gasteiger partial charge in [0.15, 0.2) is 5.78 Å². The fourth-order valence-corrected chi connectivity index (χ4v) is 1.60. The van der Waals surface area contributed by atoms with E-state index in [9.17, 15) is 9.59 Å². The van der Waals surface area contributed by atoms with Crippen molar-refractivity contribution < 1.29 is 14.0 Å². The van der Waals surface area contributed by atoms with Crippen molar-refractivity contribution in [1.82, 2.24) is 0 Å². The van der Waals surface area contributed by atoms with E-state index in [2.05, 4.69) is 11.9 Å². The summed E-state index contributed by atoms with van der Waals surface area (Å²) < 4.78 is 5.11. The Kier molecular flexibility index (Phi) is 4.51. The highest BCUT2D eigenvalue weighted by Gasteiger charge is 2.05. The predicted octanol–water partition coefficient (Wildman–Crippen LogP) is 3.69. The van der Waals surface area contributed by atoms with Crippen LogP contribution in [0.4, 0.5) is 5.69 Å². The lowest BCUT2D eigenvalue weighted by Gasteiger charge is -2.04. The number of amides is 1. The topological polar surface area (TPSA) is 59.3 Å². The van der Waals surface area contributed by atoms with E-state index in [4.69, 9.17) is 4.42 Å². The second kappa shape index (κ2) is 6.52. The van der Waals surface area contributed by atoms with Crippen molar-refractivity contribution in [3.8, 4) is 0 Å². The van der Waals surface area contributed by atoms with Crippen LogP contribution in [0.3, 0.4) is 0 Å². The van der Waals surface area contributed by atoms with Gasteiger partial charge in [-0.3, -0.25) is 9.59 Å². The largest absolute Gasteiger partial charge is 0.465 e. The molecular formula is C17H15NO3. The summed E-state index contributed by atoms with van der Waals surface area (Å²) in [6.45, 7) is 5.19. The Morgan fingerprint density at radius 2 is 1.90 bits per heavy atom. The second-order valence-corrected chi connectivity index (χ2v) is 4.52. The first-order valence-corrected chi connectivity index (χ1v) is 6.39. The van der Waals surface area contributed by atoms with Crippen molar-refractivity contribution >= 4 is 23.5 Å². The van der Waals surface area contributed by atoms with Crippen molar-refractivity contribution in [2.24, 2.45) is 0 Å². The number of rotatable bonds is 5. The van der Waals surface area contributed by atoms with Crippen LogP contribution < -0.4 is 5.32 Å². The molecule has 0 saturated heterocycles. The van der Waals surface area contributed by atoms with Gasteiger partial charge in [0, 0.05) is 16.8 Å². The van der Waals surface area contributed by atoms with E-state index >= 15 is 0 Å². The lowest BCUT2D eigenvalue weighted by Crippen LogP contribution is -2.11. The van der Waals surface area contributed by atoms with E-state index in [-0.39, 0.29) is 11.7 Å². The van der Waals surface area contributed by atoms with E-state index in [0.29, 0.717) is 22.6 Å². The molecule has 1 aromatic carbocycles. The molecule has 4 heteroatoms. The van der Waals surface area contributed by atoms with Crippen LogP contribution in [-0.2, 0) is 4.79 Å². The van der Waals surface area contributed by atoms with Gasteiger partial charge < -0.3 is 9.73 Å². The van der Waals surface area contributed by atoms with E-state index in [0.717, 1.165) is 0 Å². The fraction of sp³-hybridized carbons (Fsp3) is 0.0588. The van der Waals surface area contributed by atoms with Crippen LogP contribution in [0.1, 0.15) is 23.0 Å². The average Bonchev–Trinajstić information content (AvgIpc) is 2.98. The molecule has 0 aliphatic rings. The van der Waals surface area contributed by atoms with Crippen LogP contribution in [0.15, 0.2) is 65.3 Å². The summed E-state index contributed by atoms with van der Waals surface area (Å²) in [4.78, 5) is 23.4. The van der Waals surface area contributed by atoms with Gasteiger partial charge in [-0.05, 0) is 55.5 Å². The highest BCUT2D eigenvalue weighted by Crippen LogP contribution is 2.12. The van der Waals surface area contributed by atoms with Gasteiger partial charge in [0.05, 0.1) is 6.26 Å². The van der Waals surface area contributed by atoms with Crippen LogP contribution in [0, 0.1) is 0 Å². The van der Waals surface area contributed by atoms with Crippen LogP contribution in [0.25, 0.3) is 6.08 Å². The zero-order chi connectivity index (χ0) is 15.2. The predicted molar refractivity (Wildman–Crippen MR) is 82.0 cm³/mol. The molecule has 4 nitrogen and oxygen atoms in total. The van der Waals surface area contributed by atoms with Crippen molar-refractivity contribution in [3.63, 3.8) is 0 Å². The van der Waals surface area contributed by atoms with Gasteiger partial charge in [0.2, 0.25) is 0 Å². The van der Waals surface area contributed by atoms with Gasteiger partial charge in [0.1, 0.15) is 5.76 Å². The third kappa shape index (κ3) is 4.04. The third-order valence-corrected chi connectivity index (χ3v) is 2.76. The molecule has 0 radical (unpaired) electrons. The summed E-state index contributed by atoms with van der Waals surface area (Å²) in [6.07, 6.45) is 4.60. The maximum atomic E-state index is 12.0. The summed E-state index contributed by atoms with van der Waals surface area (Å²) in [6, 6.07) is 10.2. The number of furan rings is 1. The average molecular weight is 281 g/mol. The highest BCUT2D eigenvalue weighted by atomic mass is 16.3. The van der Waals surface area contributed by atoms with E-state index in [1.54, 1.807) is 55.7 Å². The molecule has 1 N–H and O–H groups in total. The molecule has 0 aliphatic heterocycles. The van der Waals surface area contributed by atoms with Crippen LogP contribution in [-0.4, -0.2) is 11.7 Å². The Morgan fingerprint density at radius 3 is 2.48 bits per heavy atom. The first-order valence-electron chi connectivity index (χ1n) is 6.39. The molecule has 1 aromatic heterocycles. The minimum absolute atomic E-state index is 0.135. The minimum atomic E-state index is -0.244. The second-order valence-electron chi connectivity index (χ2n) is 4.52. The summed E-state index contributed by atoms with van der Waals surface area (Å²) >= 11 is 0. The molecule has 0 bridgehead atoms. The monoisotopic (exact) mass is 281 g/mol. The Bertz CT molecular complexity index is 679. The molecule has 21 heavy (non-hydrogen) atoms. The number of hydrogen-bond acceptors (Lipinski definition) is 3. The summed E-state index contributed by atoms with van der Waals surface area (Å²) in [5.41, 5.74) is 1.58. The summed E-state index contributed by atoms with van der Waals surface area (Å²) in [7, 11) is 0. The quantitative estimate of drug-likeness (QED) is 0.671. The highest BCUT2D eigenvalue weighted by molar-refractivity contribution is 6.07. The lowest BCUT2D eigenvalue weighted by molar-refractivity contribution is -0.112. The Balaban J connectivity index is 2.03. The molecule has 1 heterocycles. The zero-order valence-corrected chi connectivity index (χ0v) is 11.6. The Hall–Kier alpha value is -2.88. The molecule has 0 saturated carbocycles. The van der Waals surface area contributed by atoms with Gasteiger partial charge in [-0.2, -0.15) is 0 Å². The molecule has 2 aromatic rings. The number of allylic oxidation sites excluding steroid dienone is 1. The summed E-state index contributed by atoms with van der Waals surface area (Å²) in [5, 5.41) is 2.68. The Morgan fingerprint density at radius 1 is 1.19 bits per heavy atom. The van der Waals surface area contributed by atoms with Crippen molar-refractivity contribution in [2.75, 3.05) is 5.32 Å². The maximum Gasteiger partial charge on any atom is 0.250 e. The number of anilines is 1. The van der Waals surface area contributed by atoms with Crippen LogP contribution in [0.2, 0.25) is 0 Å². The number of nitrogens with one attached hydrogen (secondary N) is 1. The number of benzene rings is 1. The van der Waals surface area contributed by atoms with E-state index in [1.807, 2.05) is 0 Å². The molecule has 0 spiro atoms. The van der Waals surface area contributed by atoms with Crippen molar-refractivity contribution in [1.29, 1.82) is 0 Å². The number of carbonyl (C=O) groups excluding carboxylic acids is 2. The maximum absolute atomic E-state index is 12.0. The van der Waals surface area contributed by atoms with E-state index in [1.165, 1.54) is 6.08 Å². The number of carbonyl (C=O) groups is 2. The summed E-state index contributed by atoms with van der Waals surface area (Å²) in [5.74, 6) is 0.240. The van der Waals surface area contributed by atoms with Gasteiger partial charge in [-0.25, -0.2) is 0 Å².